The number of nitrogens with zero attached hydrogens (tertiary/aromatic N) is 3. The second kappa shape index (κ2) is 9.02. The van der Waals surface area contributed by atoms with Gasteiger partial charge in [0.2, 0.25) is 0 Å². The van der Waals surface area contributed by atoms with Gasteiger partial charge >= 0.3 is 0 Å². The van der Waals surface area contributed by atoms with Crippen LogP contribution >= 0.6 is 0 Å². The standard InChI is InChI=1S/C27H33N3O3/c1-6-28-15-17-29(18-16-28)24-23(21-9-7-8-10-22(21)33-5)25(31)30(26(24)32)20-13-11-19(12-14-20)27(2,3)4/h7-14H,6,15-18H2,1-5H3. The summed E-state index contributed by atoms with van der Waals surface area (Å²) >= 11 is 0. The van der Waals surface area contributed by atoms with Crippen LogP contribution in [0.2, 0.25) is 0 Å². The molecular weight excluding hydrogens is 414 g/mol. The van der Waals surface area contributed by atoms with Gasteiger partial charge in [-0.2, -0.15) is 0 Å². The van der Waals surface area contributed by atoms with E-state index in [0.29, 0.717) is 41.4 Å². The molecule has 0 N–H and O–H groups in total. The molecule has 1 fully saturated rings. The average molecular weight is 448 g/mol. The molecule has 2 aromatic carbocycles. The van der Waals surface area contributed by atoms with Crippen molar-refractivity contribution < 1.29 is 14.3 Å². The van der Waals surface area contributed by atoms with E-state index in [1.54, 1.807) is 7.11 Å². The summed E-state index contributed by atoms with van der Waals surface area (Å²) in [7, 11) is 1.59. The molecule has 2 heterocycles. The highest BCUT2D eigenvalue weighted by Crippen LogP contribution is 2.39. The molecule has 2 aromatic rings. The van der Waals surface area contributed by atoms with Gasteiger partial charge < -0.3 is 14.5 Å². The Morgan fingerprint density at radius 1 is 0.879 bits per heavy atom. The molecule has 2 aliphatic rings. The van der Waals surface area contributed by atoms with E-state index < -0.39 is 0 Å². The monoisotopic (exact) mass is 447 g/mol. The van der Waals surface area contributed by atoms with Crippen LogP contribution in [-0.2, 0) is 15.0 Å². The predicted octanol–water partition coefficient (Wildman–Crippen LogP) is 3.91. The Morgan fingerprint density at radius 2 is 1.52 bits per heavy atom. The minimum absolute atomic E-state index is 0.0114. The van der Waals surface area contributed by atoms with Gasteiger partial charge in [-0.05, 0) is 35.7 Å². The Kier molecular flexibility index (Phi) is 6.30. The van der Waals surface area contributed by atoms with Gasteiger partial charge in [-0.3, -0.25) is 9.59 Å². The number of hydrogen-bond acceptors (Lipinski definition) is 5. The normalized spacial score (nSPS) is 17.8. The van der Waals surface area contributed by atoms with E-state index in [0.717, 1.165) is 25.2 Å². The molecule has 0 aromatic heterocycles. The zero-order valence-electron chi connectivity index (χ0n) is 20.2. The molecule has 2 amide bonds. The number of amides is 2. The van der Waals surface area contributed by atoms with E-state index in [1.807, 2.05) is 48.5 Å². The summed E-state index contributed by atoms with van der Waals surface area (Å²) in [5.41, 5.74) is 3.27. The number of ether oxygens (including phenoxy) is 1. The van der Waals surface area contributed by atoms with Crippen LogP contribution in [0.5, 0.6) is 5.75 Å². The van der Waals surface area contributed by atoms with E-state index in [1.165, 1.54) is 4.90 Å². The van der Waals surface area contributed by atoms with Crippen molar-refractivity contribution >= 4 is 23.1 Å². The number of methoxy groups -OCH3 is 1. The second-order valence-electron chi connectivity index (χ2n) is 9.59. The van der Waals surface area contributed by atoms with Crippen molar-refractivity contribution in [3.8, 4) is 5.75 Å². The third-order valence-electron chi connectivity index (χ3n) is 6.56. The summed E-state index contributed by atoms with van der Waals surface area (Å²) in [5, 5.41) is 0. The molecule has 0 atom stereocenters. The fourth-order valence-electron chi connectivity index (χ4n) is 4.54. The van der Waals surface area contributed by atoms with Gasteiger partial charge in [0.15, 0.2) is 0 Å². The van der Waals surface area contributed by atoms with Crippen molar-refractivity contribution in [2.75, 3.05) is 44.7 Å². The molecule has 0 spiro atoms. The molecule has 0 saturated carbocycles. The molecule has 2 aliphatic heterocycles. The molecule has 1 saturated heterocycles. The Labute approximate surface area is 196 Å². The first-order valence-electron chi connectivity index (χ1n) is 11.6. The SMILES string of the molecule is CCN1CCN(C2=C(c3ccccc3OC)C(=O)N(c3ccc(C(C)(C)C)cc3)C2=O)CC1. The van der Waals surface area contributed by atoms with E-state index in [4.69, 9.17) is 4.74 Å². The topological polar surface area (TPSA) is 53.1 Å². The quantitative estimate of drug-likeness (QED) is 0.651. The van der Waals surface area contributed by atoms with Crippen molar-refractivity contribution in [1.82, 2.24) is 9.80 Å². The van der Waals surface area contributed by atoms with Crippen LogP contribution in [0.15, 0.2) is 54.2 Å². The first kappa shape index (κ1) is 23.1. The summed E-state index contributed by atoms with van der Waals surface area (Å²) in [6, 6.07) is 15.2. The maximum atomic E-state index is 13.8. The van der Waals surface area contributed by atoms with Gasteiger partial charge in [0.25, 0.3) is 11.8 Å². The first-order chi connectivity index (χ1) is 15.8. The van der Waals surface area contributed by atoms with E-state index in [9.17, 15) is 9.59 Å². The second-order valence-corrected chi connectivity index (χ2v) is 9.59. The highest BCUT2D eigenvalue weighted by Gasteiger charge is 2.43. The minimum atomic E-state index is -0.305. The highest BCUT2D eigenvalue weighted by molar-refractivity contribution is 6.45. The molecule has 6 heteroatoms. The van der Waals surface area contributed by atoms with Crippen LogP contribution < -0.4 is 9.64 Å². The molecule has 4 rings (SSSR count). The lowest BCUT2D eigenvalue weighted by molar-refractivity contribution is -0.120. The van der Waals surface area contributed by atoms with Gasteiger partial charge in [-0.1, -0.05) is 58.0 Å². The number of piperazine rings is 1. The number of hydrogen-bond donors (Lipinski definition) is 0. The van der Waals surface area contributed by atoms with Crippen LogP contribution in [0.25, 0.3) is 5.57 Å². The van der Waals surface area contributed by atoms with Crippen molar-refractivity contribution in [3.63, 3.8) is 0 Å². The lowest BCUT2D eigenvalue weighted by Crippen LogP contribution is -2.47. The summed E-state index contributed by atoms with van der Waals surface area (Å²) < 4.78 is 5.56. The van der Waals surface area contributed by atoms with Crippen LogP contribution in [-0.4, -0.2) is 61.4 Å². The van der Waals surface area contributed by atoms with Crippen molar-refractivity contribution in [1.29, 1.82) is 0 Å². The molecule has 0 unspecified atom stereocenters. The zero-order chi connectivity index (χ0) is 23.8. The van der Waals surface area contributed by atoms with Crippen LogP contribution in [0.4, 0.5) is 5.69 Å². The van der Waals surface area contributed by atoms with Gasteiger partial charge in [-0.25, -0.2) is 4.90 Å². The van der Waals surface area contributed by atoms with Crippen molar-refractivity contribution in [3.05, 3.63) is 65.4 Å². The summed E-state index contributed by atoms with van der Waals surface area (Å²) in [6.07, 6.45) is 0. The maximum absolute atomic E-state index is 13.8. The lowest BCUT2D eigenvalue weighted by atomic mass is 9.87. The fraction of sp³-hybridized carbons (Fsp3) is 0.407. The third kappa shape index (κ3) is 4.27. The Morgan fingerprint density at radius 3 is 2.09 bits per heavy atom. The van der Waals surface area contributed by atoms with Crippen molar-refractivity contribution in [2.45, 2.75) is 33.1 Å². The smallest absolute Gasteiger partial charge is 0.282 e. The van der Waals surface area contributed by atoms with Gasteiger partial charge in [0, 0.05) is 31.7 Å². The number of benzene rings is 2. The molecule has 0 radical (unpaired) electrons. The number of carbonyl (C=O) groups excluding carboxylic acids is 2. The molecule has 0 aliphatic carbocycles. The van der Waals surface area contributed by atoms with E-state index in [-0.39, 0.29) is 17.2 Å². The van der Waals surface area contributed by atoms with E-state index in [2.05, 4.69) is 37.5 Å². The highest BCUT2D eigenvalue weighted by atomic mass is 16.5. The minimum Gasteiger partial charge on any atom is -0.496 e. The van der Waals surface area contributed by atoms with E-state index >= 15 is 0 Å². The lowest BCUT2D eigenvalue weighted by Gasteiger charge is -2.36. The number of anilines is 1. The predicted molar refractivity (Wildman–Crippen MR) is 131 cm³/mol. The first-order valence-corrected chi connectivity index (χ1v) is 11.6. The zero-order valence-corrected chi connectivity index (χ0v) is 20.2. The maximum Gasteiger partial charge on any atom is 0.282 e. The largest absolute Gasteiger partial charge is 0.496 e. The van der Waals surface area contributed by atoms with Gasteiger partial charge in [0.1, 0.15) is 11.4 Å². The molecule has 174 valence electrons. The summed E-state index contributed by atoms with van der Waals surface area (Å²) in [6.45, 7) is 12.7. The fourth-order valence-corrected chi connectivity index (χ4v) is 4.54. The summed E-state index contributed by atoms with van der Waals surface area (Å²) in [4.78, 5) is 33.3. The Bertz CT molecular complexity index is 1070. The van der Waals surface area contributed by atoms with Gasteiger partial charge in [0.05, 0.1) is 18.4 Å². The molecule has 33 heavy (non-hydrogen) atoms. The molecule has 6 nitrogen and oxygen atoms in total. The number of likely N-dealkylation sites (N-methyl/N-ethyl adjacent to an activating group) is 1. The Hall–Kier alpha value is -3.12. The number of para-hydroxylation sites is 1. The van der Waals surface area contributed by atoms with Crippen LogP contribution in [0.3, 0.4) is 0 Å². The molecule has 0 bridgehead atoms. The summed E-state index contributed by atoms with van der Waals surface area (Å²) in [5.74, 6) is 0.0126. The number of imide groups is 1. The third-order valence-corrected chi connectivity index (χ3v) is 6.56. The van der Waals surface area contributed by atoms with Gasteiger partial charge in [-0.15, -0.1) is 0 Å². The van der Waals surface area contributed by atoms with Crippen LogP contribution in [0.1, 0.15) is 38.8 Å². The average Bonchev–Trinajstić information content (AvgIpc) is 3.08. The molecular formula is C27H33N3O3. The Balaban J connectivity index is 1.78. The van der Waals surface area contributed by atoms with Crippen molar-refractivity contribution in [2.24, 2.45) is 0 Å². The number of rotatable bonds is 5. The number of carbonyl (C=O) groups is 2. The van der Waals surface area contributed by atoms with Crippen LogP contribution in [0, 0.1) is 0 Å².